The predicted octanol–water partition coefficient (Wildman–Crippen LogP) is 0.662. The van der Waals surface area contributed by atoms with Crippen molar-refractivity contribution in [3.05, 3.63) is 24.2 Å². The monoisotopic (exact) mass is 348 g/mol. The lowest BCUT2D eigenvalue weighted by Crippen LogP contribution is -2.48. The summed E-state index contributed by atoms with van der Waals surface area (Å²) in [6.07, 6.45) is 3.19. The van der Waals surface area contributed by atoms with Gasteiger partial charge in [0.05, 0.1) is 11.8 Å². The first-order chi connectivity index (χ1) is 11.9. The molecule has 0 radical (unpaired) electrons. The van der Waals surface area contributed by atoms with Gasteiger partial charge in [0.1, 0.15) is 6.26 Å². The van der Waals surface area contributed by atoms with E-state index in [1.54, 1.807) is 15.9 Å². The fourth-order valence-corrected chi connectivity index (χ4v) is 3.49. The van der Waals surface area contributed by atoms with E-state index < -0.39 is 5.41 Å². The molecule has 2 fully saturated rings. The molecule has 3 heterocycles. The Balaban J connectivity index is 1.81. The number of carbonyl (C=O) groups is 3. The second-order valence-corrected chi connectivity index (χ2v) is 7.22. The summed E-state index contributed by atoms with van der Waals surface area (Å²) in [5, 5.41) is 5.74. The van der Waals surface area contributed by atoms with Crippen LogP contribution in [-0.2, 0) is 4.79 Å². The molecule has 8 heteroatoms. The molecule has 2 saturated heterocycles. The molecule has 8 nitrogen and oxygen atoms in total. The fourth-order valence-electron chi connectivity index (χ4n) is 3.49. The van der Waals surface area contributed by atoms with E-state index in [4.69, 9.17) is 4.42 Å². The fraction of sp³-hybridized carbons (Fsp3) is 0.588. The average molecular weight is 348 g/mol. The summed E-state index contributed by atoms with van der Waals surface area (Å²) in [6.45, 7) is 6.00. The lowest BCUT2D eigenvalue weighted by atomic mass is 9.86. The molecule has 2 aliphatic heterocycles. The van der Waals surface area contributed by atoms with Gasteiger partial charge in [-0.05, 0) is 19.9 Å². The second kappa shape index (κ2) is 6.78. The van der Waals surface area contributed by atoms with Crippen molar-refractivity contribution in [3.63, 3.8) is 0 Å². The normalized spacial score (nSPS) is 23.7. The molecule has 0 bridgehead atoms. The average Bonchev–Trinajstić information content (AvgIpc) is 3.14. The molecular weight excluding hydrogens is 324 g/mol. The zero-order chi connectivity index (χ0) is 18.0. The van der Waals surface area contributed by atoms with E-state index in [1.807, 2.05) is 13.8 Å². The molecular formula is C17H24N4O4. The Morgan fingerprint density at radius 1 is 1.28 bits per heavy atom. The first-order valence-corrected chi connectivity index (χ1v) is 8.52. The van der Waals surface area contributed by atoms with Gasteiger partial charge in [-0.3, -0.25) is 9.59 Å². The number of carbonyl (C=O) groups excluding carboxylic acids is 3. The minimum atomic E-state index is -0.457. The highest BCUT2D eigenvalue weighted by molar-refractivity contribution is 5.94. The number of hydrogen-bond donors (Lipinski definition) is 2. The van der Waals surface area contributed by atoms with Crippen molar-refractivity contribution in [2.75, 3.05) is 32.7 Å². The van der Waals surface area contributed by atoms with Gasteiger partial charge in [0.25, 0.3) is 5.91 Å². The molecule has 4 amide bonds. The molecule has 1 spiro atoms. The van der Waals surface area contributed by atoms with E-state index in [0.717, 1.165) is 0 Å². The van der Waals surface area contributed by atoms with Crippen molar-refractivity contribution < 1.29 is 18.8 Å². The van der Waals surface area contributed by atoms with Crippen LogP contribution in [-0.4, -0.2) is 66.4 Å². The number of nitrogens with zero attached hydrogens (tertiary/aromatic N) is 2. The van der Waals surface area contributed by atoms with Gasteiger partial charge in [0.2, 0.25) is 5.91 Å². The van der Waals surface area contributed by atoms with Gasteiger partial charge in [0, 0.05) is 50.6 Å². The van der Waals surface area contributed by atoms with Crippen LogP contribution in [0.1, 0.15) is 30.6 Å². The Labute approximate surface area is 146 Å². The van der Waals surface area contributed by atoms with Crippen LogP contribution in [0, 0.1) is 5.41 Å². The van der Waals surface area contributed by atoms with Gasteiger partial charge in [-0.1, -0.05) is 0 Å². The van der Waals surface area contributed by atoms with E-state index in [0.29, 0.717) is 44.7 Å². The maximum Gasteiger partial charge on any atom is 0.317 e. The Morgan fingerprint density at radius 2 is 2.00 bits per heavy atom. The van der Waals surface area contributed by atoms with Gasteiger partial charge < -0.3 is 24.9 Å². The molecule has 1 aromatic rings. The van der Waals surface area contributed by atoms with Crippen LogP contribution in [0.4, 0.5) is 4.79 Å². The Kier molecular flexibility index (Phi) is 4.69. The summed E-state index contributed by atoms with van der Waals surface area (Å²) in [4.78, 5) is 40.5. The van der Waals surface area contributed by atoms with E-state index in [1.165, 1.54) is 12.5 Å². The SMILES string of the molecule is CC(C)NC(=O)N1CCN(C(=O)c2ccoc2)C[C@]2(CNC(=O)C2)C1. The quantitative estimate of drug-likeness (QED) is 0.821. The van der Waals surface area contributed by atoms with Gasteiger partial charge >= 0.3 is 6.03 Å². The highest BCUT2D eigenvalue weighted by Crippen LogP contribution is 2.31. The van der Waals surface area contributed by atoms with Gasteiger partial charge in [-0.25, -0.2) is 4.79 Å². The molecule has 0 saturated carbocycles. The molecule has 1 atom stereocenters. The van der Waals surface area contributed by atoms with Crippen molar-refractivity contribution >= 4 is 17.8 Å². The maximum absolute atomic E-state index is 12.7. The smallest absolute Gasteiger partial charge is 0.317 e. The third-order valence-corrected chi connectivity index (χ3v) is 4.64. The third-order valence-electron chi connectivity index (χ3n) is 4.64. The Morgan fingerprint density at radius 3 is 2.60 bits per heavy atom. The molecule has 136 valence electrons. The van der Waals surface area contributed by atoms with Crippen LogP contribution in [0.15, 0.2) is 23.0 Å². The number of urea groups is 1. The van der Waals surface area contributed by atoms with Crippen molar-refractivity contribution in [2.45, 2.75) is 26.3 Å². The molecule has 1 aromatic heterocycles. The highest BCUT2D eigenvalue weighted by Gasteiger charge is 2.45. The van der Waals surface area contributed by atoms with Crippen LogP contribution < -0.4 is 10.6 Å². The van der Waals surface area contributed by atoms with Gasteiger partial charge in [-0.2, -0.15) is 0 Å². The standard InChI is InChI=1S/C17H24N4O4/c1-12(2)19-16(24)21-5-4-20(15(23)13-3-6-25-8-13)10-17(11-21)7-14(22)18-9-17/h3,6,8,12H,4-5,7,9-11H2,1-2H3,(H,18,22)(H,19,24)/t17-/m0/s1. The topological polar surface area (TPSA) is 94.9 Å². The van der Waals surface area contributed by atoms with Crippen LogP contribution in [0.2, 0.25) is 0 Å². The third kappa shape index (κ3) is 3.78. The summed E-state index contributed by atoms with van der Waals surface area (Å²) in [6, 6.07) is 1.49. The Hall–Kier alpha value is -2.51. The summed E-state index contributed by atoms with van der Waals surface area (Å²) in [5.74, 6) is -0.180. The molecule has 2 aliphatic rings. The van der Waals surface area contributed by atoms with Gasteiger partial charge in [-0.15, -0.1) is 0 Å². The Bertz CT molecular complexity index is 658. The minimum Gasteiger partial charge on any atom is -0.472 e. The minimum absolute atomic E-state index is 0.0266. The van der Waals surface area contributed by atoms with Gasteiger partial charge in [0.15, 0.2) is 0 Å². The molecule has 0 unspecified atom stereocenters. The predicted molar refractivity (Wildman–Crippen MR) is 89.9 cm³/mol. The first-order valence-electron chi connectivity index (χ1n) is 8.52. The zero-order valence-electron chi connectivity index (χ0n) is 14.6. The van der Waals surface area contributed by atoms with Crippen LogP contribution in [0.5, 0.6) is 0 Å². The van der Waals surface area contributed by atoms with E-state index in [-0.39, 0.29) is 23.9 Å². The zero-order valence-corrected chi connectivity index (χ0v) is 14.6. The summed E-state index contributed by atoms with van der Waals surface area (Å²) in [7, 11) is 0. The number of nitrogens with one attached hydrogen (secondary N) is 2. The largest absolute Gasteiger partial charge is 0.472 e. The van der Waals surface area contributed by atoms with Crippen molar-refractivity contribution in [2.24, 2.45) is 5.41 Å². The lowest BCUT2D eigenvalue weighted by Gasteiger charge is -2.32. The molecule has 0 aliphatic carbocycles. The number of furan rings is 1. The number of hydrogen-bond acceptors (Lipinski definition) is 4. The van der Waals surface area contributed by atoms with Crippen LogP contribution in [0.25, 0.3) is 0 Å². The first kappa shape index (κ1) is 17.3. The van der Waals surface area contributed by atoms with Crippen LogP contribution >= 0.6 is 0 Å². The van der Waals surface area contributed by atoms with E-state index in [9.17, 15) is 14.4 Å². The van der Waals surface area contributed by atoms with Crippen LogP contribution in [0.3, 0.4) is 0 Å². The van der Waals surface area contributed by atoms with E-state index in [2.05, 4.69) is 10.6 Å². The number of rotatable bonds is 2. The summed E-state index contributed by atoms with van der Waals surface area (Å²) >= 11 is 0. The second-order valence-electron chi connectivity index (χ2n) is 7.22. The molecule has 2 N–H and O–H groups in total. The molecule has 25 heavy (non-hydrogen) atoms. The molecule has 0 aromatic carbocycles. The van der Waals surface area contributed by atoms with E-state index >= 15 is 0 Å². The summed E-state index contributed by atoms with van der Waals surface area (Å²) in [5.41, 5.74) is 0.0221. The lowest BCUT2D eigenvalue weighted by molar-refractivity contribution is -0.119. The van der Waals surface area contributed by atoms with Crippen molar-refractivity contribution in [1.82, 2.24) is 20.4 Å². The maximum atomic E-state index is 12.7. The summed E-state index contributed by atoms with van der Waals surface area (Å²) < 4.78 is 5.01. The number of amides is 4. The highest BCUT2D eigenvalue weighted by atomic mass is 16.3. The van der Waals surface area contributed by atoms with Crippen molar-refractivity contribution in [1.29, 1.82) is 0 Å². The van der Waals surface area contributed by atoms with Crippen molar-refractivity contribution in [3.8, 4) is 0 Å². The molecule has 3 rings (SSSR count).